The highest BCUT2D eigenvalue weighted by atomic mass is 32.2. The molecule has 188 valence electrons. The van der Waals surface area contributed by atoms with Crippen molar-refractivity contribution >= 4 is 15.7 Å². The molecule has 1 aromatic heterocycles. The van der Waals surface area contributed by atoms with Gasteiger partial charge in [0.2, 0.25) is 0 Å². The summed E-state index contributed by atoms with van der Waals surface area (Å²) in [5, 5.41) is -0.231. The third-order valence-corrected chi connectivity index (χ3v) is 10.3. The zero-order valence-corrected chi connectivity index (χ0v) is 22.1. The van der Waals surface area contributed by atoms with E-state index in [4.69, 9.17) is 9.72 Å². The summed E-state index contributed by atoms with van der Waals surface area (Å²) in [5.41, 5.74) is 7.35. The molecule has 2 fully saturated rings. The average Bonchev–Trinajstić information content (AvgIpc) is 3.32. The molecule has 1 saturated heterocycles. The number of pyridine rings is 1. The van der Waals surface area contributed by atoms with Gasteiger partial charge in [0.1, 0.15) is 28.0 Å². The molecule has 3 aliphatic rings. The number of sulfone groups is 1. The van der Waals surface area contributed by atoms with Gasteiger partial charge in [0.05, 0.1) is 5.25 Å². The number of aromatic nitrogens is 1. The molecule has 0 N–H and O–H groups in total. The summed E-state index contributed by atoms with van der Waals surface area (Å²) < 4.78 is 29.9. The maximum atomic E-state index is 11.9. The first-order valence-electron chi connectivity index (χ1n) is 13.0. The normalized spacial score (nSPS) is 23.3. The highest BCUT2D eigenvalue weighted by Gasteiger charge is 2.52. The first-order valence-corrected chi connectivity index (χ1v) is 15.0. The maximum absolute atomic E-state index is 11.9. The van der Waals surface area contributed by atoms with Crippen molar-refractivity contribution in [1.82, 2.24) is 4.98 Å². The molecule has 1 aliphatic heterocycles. The molecular weight excluding hydrogens is 468 g/mol. The molecule has 1 saturated carbocycles. The lowest BCUT2D eigenvalue weighted by Crippen LogP contribution is -2.39. The predicted molar refractivity (Wildman–Crippen MR) is 144 cm³/mol. The maximum Gasteiger partial charge on any atom is 0.150 e. The van der Waals surface area contributed by atoms with Gasteiger partial charge in [-0.2, -0.15) is 0 Å². The molecule has 5 nitrogen and oxygen atoms in total. The highest BCUT2D eigenvalue weighted by molar-refractivity contribution is 7.91. The smallest absolute Gasteiger partial charge is 0.150 e. The van der Waals surface area contributed by atoms with Crippen molar-refractivity contribution in [2.24, 2.45) is 11.8 Å². The lowest BCUT2D eigenvalue weighted by molar-refractivity contribution is 0.306. The Kier molecular flexibility index (Phi) is 5.83. The molecule has 2 aliphatic carbocycles. The minimum absolute atomic E-state index is 0.231. The third-order valence-electron chi connectivity index (χ3n) is 8.58. The lowest BCUT2D eigenvalue weighted by atomic mass is 10.0. The number of rotatable bonds is 6. The number of hydrogen-bond donors (Lipinski definition) is 0. The van der Waals surface area contributed by atoms with E-state index in [-0.39, 0.29) is 5.25 Å². The molecule has 3 atom stereocenters. The van der Waals surface area contributed by atoms with E-state index in [0.29, 0.717) is 19.4 Å². The molecule has 0 spiro atoms. The van der Waals surface area contributed by atoms with Crippen molar-refractivity contribution in [2.75, 3.05) is 24.2 Å². The summed E-state index contributed by atoms with van der Waals surface area (Å²) >= 11 is 0. The second kappa shape index (κ2) is 8.91. The summed E-state index contributed by atoms with van der Waals surface area (Å²) in [7, 11) is -2.97. The van der Waals surface area contributed by atoms with Gasteiger partial charge in [-0.3, -0.25) is 0 Å². The van der Waals surface area contributed by atoms with E-state index < -0.39 is 9.84 Å². The Morgan fingerprint density at radius 3 is 2.61 bits per heavy atom. The van der Waals surface area contributed by atoms with E-state index in [1.165, 1.54) is 23.8 Å². The van der Waals surface area contributed by atoms with Gasteiger partial charge in [-0.1, -0.05) is 31.2 Å². The van der Waals surface area contributed by atoms with Gasteiger partial charge in [-0.05, 0) is 96.5 Å². The van der Waals surface area contributed by atoms with E-state index in [1.807, 2.05) is 6.92 Å². The molecule has 3 aromatic rings. The van der Waals surface area contributed by atoms with Crippen LogP contribution in [0.4, 0.5) is 5.82 Å². The number of fused-ring (bicyclic) bond motifs is 3. The van der Waals surface area contributed by atoms with Crippen LogP contribution in [-0.4, -0.2) is 38.0 Å². The second-order valence-electron chi connectivity index (χ2n) is 10.9. The van der Waals surface area contributed by atoms with Gasteiger partial charge >= 0.3 is 0 Å². The number of nitrogens with zero attached hydrogens (tertiary/aromatic N) is 2. The molecule has 0 unspecified atom stereocenters. The van der Waals surface area contributed by atoms with E-state index >= 15 is 0 Å². The summed E-state index contributed by atoms with van der Waals surface area (Å²) in [4.78, 5) is 7.07. The third kappa shape index (κ3) is 4.40. The van der Waals surface area contributed by atoms with Crippen molar-refractivity contribution in [2.45, 2.75) is 50.9 Å². The minimum Gasteiger partial charge on any atom is -0.489 e. The van der Waals surface area contributed by atoms with Crippen LogP contribution in [0.3, 0.4) is 0 Å². The largest absolute Gasteiger partial charge is 0.489 e. The highest BCUT2D eigenvalue weighted by Crippen LogP contribution is 2.61. The number of anilines is 1. The van der Waals surface area contributed by atoms with Gasteiger partial charge < -0.3 is 9.64 Å². The van der Waals surface area contributed by atoms with Gasteiger partial charge in [-0.15, -0.1) is 0 Å². The number of aryl methyl sites for hydroxylation is 1. The summed E-state index contributed by atoms with van der Waals surface area (Å²) in [6.07, 6.45) is 3.87. The molecule has 0 bridgehead atoms. The fourth-order valence-electron chi connectivity index (χ4n) is 6.34. The lowest BCUT2D eigenvalue weighted by Gasteiger charge is -2.32. The first kappa shape index (κ1) is 23.5. The van der Waals surface area contributed by atoms with Gasteiger partial charge in [0, 0.05) is 30.6 Å². The fourth-order valence-corrected chi connectivity index (χ4v) is 7.40. The Morgan fingerprint density at radius 2 is 1.86 bits per heavy atom. The minimum atomic E-state index is -2.97. The van der Waals surface area contributed by atoms with Crippen LogP contribution in [0.25, 0.3) is 11.1 Å². The second-order valence-corrected chi connectivity index (χ2v) is 13.2. The van der Waals surface area contributed by atoms with Crippen LogP contribution in [0, 0.1) is 18.8 Å². The van der Waals surface area contributed by atoms with Crippen LogP contribution >= 0.6 is 0 Å². The summed E-state index contributed by atoms with van der Waals surface area (Å²) in [6, 6.07) is 19.3. The van der Waals surface area contributed by atoms with E-state index in [1.54, 1.807) is 0 Å². The number of benzene rings is 2. The molecule has 0 amide bonds. The number of hydrogen-bond acceptors (Lipinski definition) is 5. The Labute approximate surface area is 214 Å². The molecule has 36 heavy (non-hydrogen) atoms. The quantitative estimate of drug-likeness (QED) is 0.442. The predicted octanol–water partition coefficient (Wildman–Crippen LogP) is 5.56. The number of ether oxygens (including phenoxy) is 1. The van der Waals surface area contributed by atoms with Crippen LogP contribution in [0.1, 0.15) is 48.1 Å². The van der Waals surface area contributed by atoms with Crippen LogP contribution in [0.5, 0.6) is 5.75 Å². The van der Waals surface area contributed by atoms with Crippen molar-refractivity contribution in [3.05, 3.63) is 77.0 Å². The number of piperidine rings is 1. The first-order chi connectivity index (χ1) is 17.3. The standard InChI is InChI=1S/C30H34N2O3S/c1-19-28-17-23-16-24(7-8-27(23)30(19)28)35-18-21-5-4-6-22(15-21)26-9-10-29(31-20(26)2)32-13-11-25(12-14-32)36(3,33)34/h4-10,15-16,19,25,28,30H,11-14,17-18H2,1-3H3/t19-,28-,30-/m0/s1. The molecule has 6 rings (SSSR count). The van der Waals surface area contributed by atoms with E-state index in [2.05, 4.69) is 66.4 Å². The van der Waals surface area contributed by atoms with Crippen molar-refractivity contribution in [3.8, 4) is 16.9 Å². The monoisotopic (exact) mass is 502 g/mol. The SMILES string of the molecule is Cc1nc(N2CCC(S(C)(=O)=O)CC2)ccc1-c1cccc(COc2ccc3c(c2)C[C@H]2[C@H](C)[C@@H]32)c1. The molecule has 2 heterocycles. The molecule has 2 aromatic carbocycles. The van der Waals surface area contributed by atoms with Crippen LogP contribution < -0.4 is 9.64 Å². The van der Waals surface area contributed by atoms with Gasteiger partial charge in [-0.25, -0.2) is 13.4 Å². The zero-order chi connectivity index (χ0) is 25.0. The summed E-state index contributed by atoms with van der Waals surface area (Å²) in [5.74, 6) is 4.37. The Hall–Kier alpha value is -2.86. The van der Waals surface area contributed by atoms with Crippen LogP contribution in [0.2, 0.25) is 0 Å². The van der Waals surface area contributed by atoms with Crippen LogP contribution in [0.15, 0.2) is 54.6 Å². The van der Waals surface area contributed by atoms with Gasteiger partial charge in [0.25, 0.3) is 0 Å². The fraction of sp³-hybridized carbons (Fsp3) is 0.433. The van der Waals surface area contributed by atoms with Gasteiger partial charge in [0.15, 0.2) is 0 Å². The summed E-state index contributed by atoms with van der Waals surface area (Å²) in [6.45, 7) is 6.39. The molecule has 0 radical (unpaired) electrons. The average molecular weight is 503 g/mol. The molecule has 6 heteroatoms. The Morgan fingerprint density at radius 1 is 1.06 bits per heavy atom. The topological polar surface area (TPSA) is 59.5 Å². The van der Waals surface area contributed by atoms with Crippen molar-refractivity contribution in [1.29, 1.82) is 0 Å². The van der Waals surface area contributed by atoms with Crippen molar-refractivity contribution < 1.29 is 13.2 Å². The zero-order valence-electron chi connectivity index (χ0n) is 21.3. The van der Waals surface area contributed by atoms with E-state index in [9.17, 15) is 8.42 Å². The Balaban J connectivity index is 1.12. The molecular formula is C30H34N2O3S. The van der Waals surface area contributed by atoms with Crippen molar-refractivity contribution in [3.63, 3.8) is 0 Å². The van der Waals surface area contributed by atoms with E-state index in [0.717, 1.165) is 64.8 Å². The van der Waals surface area contributed by atoms with Crippen LogP contribution in [-0.2, 0) is 22.9 Å². The Bertz CT molecular complexity index is 1410.